The van der Waals surface area contributed by atoms with Crippen molar-refractivity contribution in [3.63, 3.8) is 0 Å². The van der Waals surface area contributed by atoms with Crippen molar-refractivity contribution in [1.82, 2.24) is 9.55 Å². The molecule has 3 aromatic carbocycles. The summed E-state index contributed by atoms with van der Waals surface area (Å²) in [4.78, 5) is 17.4. The van der Waals surface area contributed by atoms with Crippen LogP contribution < -0.4 is 5.32 Å². The number of halogens is 2. The molecule has 134 valence electrons. The molecule has 4 aromatic rings. The first-order valence-electron chi connectivity index (χ1n) is 8.37. The van der Waals surface area contributed by atoms with Crippen LogP contribution in [0.25, 0.3) is 22.4 Å². The molecule has 0 aliphatic carbocycles. The van der Waals surface area contributed by atoms with Crippen molar-refractivity contribution >= 4 is 54.5 Å². The Morgan fingerprint density at radius 3 is 2.48 bits per heavy atom. The highest BCUT2D eigenvalue weighted by Gasteiger charge is 2.15. The van der Waals surface area contributed by atoms with Gasteiger partial charge in [-0.1, -0.05) is 56.1 Å². The summed E-state index contributed by atoms with van der Waals surface area (Å²) in [5, 5.41) is 2.94. The first-order chi connectivity index (χ1) is 13.1. The summed E-state index contributed by atoms with van der Waals surface area (Å²) in [6.45, 7) is 0.179. The molecule has 0 saturated carbocycles. The van der Waals surface area contributed by atoms with Crippen LogP contribution in [0.15, 0.2) is 81.7 Å². The van der Waals surface area contributed by atoms with E-state index < -0.39 is 0 Å². The van der Waals surface area contributed by atoms with Gasteiger partial charge in [0.25, 0.3) is 0 Å². The zero-order valence-electron chi connectivity index (χ0n) is 14.2. The molecule has 4 rings (SSSR count). The average molecular weight is 485 g/mol. The number of fused-ring (bicyclic) bond motifs is 1. The van der Waals surface area contributed by atoms with E-state index >= 15 is 0 Å². The van der Waals surface area contributed by atoms with Crippen LogP contribution in [0.2, 0.25) is 0 Å². The minimum atomic E-state index is -0.100. The zero-order valence-corrected chi connectivity index (χ0v) is 17.4. The predicted molar refractivity (Wildman–Crippen MR) is 116 cm³/mol. The highest BCUT2D eigenvalue weighted by atomic mass is 79.9. The molecule has 1 aromatic heterocycles. The van der Waals surface area contributed by atoms with E-state index in [1.54, 1.807) is 0 Å². The lowest BCUT2D eigenvalue weighted by molar-refractivity contribution is -0.116. The van der Waals surface area contributed by atoms with Crippen LogP contribution in [0.5, 0.6) is 0 Å². The summed E-state index contributed by atoms with van der Waals surface area (Å²) in [7, 11) is 0. The van der Waals surface area contributed by atoms with Crippen molar-refractivity contribution in [3.8, 4) is 11.4 Å². The van der Waals surface area contributed by atoms with Crippen molar-refractivity contribution in [2.24, 2.45) is 0 Å². The number of amides is 1. The maximum atomic E-state index is 12.7. The topological polar surface area (TPSA) is 46.9 Å². The number of hydrogen-bond donors (Lipinski definition) is 1. The first kappa shape index (κ1) is 17.9. The summed E-state index contributed by atoms with van der Waals surface area (Å²) >= 11 is 6.91. The lowest BCUT2D eigenvalue weighted by Crippen LogP contribution is -2.19. The van der Waals surface area contributed by atoms with E-state index in [-0.39, 0.29) is 12.5 Å². The molecule has 0 atom stereocenters. The normalized spacial score (nSPS) is 10.9. The molecule has 0 unspecified atom stereocenters. The Morgan fingerprint density at radius 2 is 1.70 bits per heavy atom. The Morgan fingerprint density at radius 1 is 0.926 bits per heavy atom. The van der Waals surface area contributed by atoms with E-state index in [1.165, 1.54) is 0 Å². The molecule has 0 radical (unpaired) electrons. The monoisotopic (exact) mass is 483 g/mol. The SMILES string of the molecule is O=C(Cn1c(-c2cccc(Br)c2)nc2ccccc21)Nc1ccc(Br)cc1. The van der Waals surface area contributed by atoms with Gasteiger partial charge in [-0.2, -0.15) is 0 Å². The second-order valence-electron chi connectivity index (χ2n) is 6.08. The Bertz CT molecular complexity index is 1120. The minimum absolute atomic E-state index is 0.100. The Kier molecular flexibility index (Phi) is 5.09. The van der Waals surface area contributed by atoms with Gasteiger partial charge in [-0.15, -0.1) is 0 Å². The third-order valence-electron chi connectivity index (χ3n) is 4.17. The maximum absolute atomic E-state index is 12.7. The Balaban J connectivity index is 1.70. The van der Waals surface area contributed by atoms with Crippen LogP contribution in [0.3, 0.4) is 0 Å². The number of benzene rings is 3. The van der Waals surface area contributed by atoms with E-state index in [9.17, 15) is 4.79 Å². The van der Waals surface area contributed by atoms with Crippen LogP contribution in [-0.4, -0.2) is 15.5 Å². The molecule has 1 amide bonds. The van der Waals surface area contributed by atoms with Gasteiger partial charge in [0.1, 0.15) is 12.4 Å². The third kappa shape index (κ3) is 3.96. The lowest BCUT2D eigenvalue weighted by atomic mass is 10.2. The van der Waals surface area contributed by atoms with Gasteiger partial charge in [-0.05, 0) is 48.5 Å². The molecule has 0 aliphatic heterocycles. The number of anilines is 1. The van der Waals surface area contributed by atoms with Crippen molar-refractivity contribution in [2.75, 3.05) is 5.32 Å². The number of hydrogen-bond acceptors (Lipinski definition) is 2. The highest BCUT2D eigenvalue weighted by Crippen LogP contribution is 2.27. The van der Waals surface area contributed by atoms with E-state index in [0.29, 0.717) is 0 Å². The molecule has 0 bridgehead atoms. The largest absolute Gasteiger partial charge is 0.325 e. The predicted octanol–water partition coefficient (Wildman–Crippen LogP) is 5.87. The molecule has 4 nitrogen and oxygen atoms in total. The van der Waals surface area contributed by atoms with Gasteiger partial charge in [-0.25, -0.2) is 4.98 Å². The lowest BCUT2D eigenvalue weighted by Gasteiger charge is -2.10. The molecule has 0 saturated heterocycles. The Hall–Kier alpha value is -2.44. The molecule has 1 N–H and O–H groups in total. The summed E-state index contributed by atoms with van der Waals surface area (Å²) in [5.74, 6) is 0.667. The van der Waals surface area contributed by atoms with Crippen molar-refractivity contribution in [2.45, 2.75) is 6.54 Å². The van der Waals surface area contributed by atoms with Crippen molar-refractivity contribution in [1.29, 1.82) is 0 Å². The Labute approximate surface area is 173 Å². The van der Waals surface area contributed by atoms with Gasteiger partial charge < -0.3 is 9.88 Å². The maximum Gasteiger partial charge on any atom is 0.244 e. The fraction of sp³-hybridized carbons (Fsp3) is 0.0476. The number of para-hydroxylation sites is 2. The molecular formula is C21H15Br2N3O. The molecule has 0 fully saturated rings. The smallest absolute Gasteiger partial charge is 0.244 e. The first-order valence-corrected chi connectivity index (χ1v) is 9.95. The fourth-order valence-corrected chi connectivity index (χ4v) is 3.62. The van der Waals surface area contributed by atoms with E-state index in [2.05, 4.69) is 37.2 Å². The number of nitrogens with zero attached hydrogens (tertiary/aromatic N) is 2. The molecule has 0 spiro atoms. The van der Waals surface area contributed by atoms with Gasteiger partial charge in [0.15, 0.2) is 0 Å². The minimum Gasteiger partial charge on any atom is -0.325 e. The molecule has 1 heterocycles. The number of imidazole rings is 1. The van der Waals surface area contributed by atoms with Gasteiger partial charge in [-0.3, -0.25) is 4.79 Å². The van der Waals surface area contributed by atoms with Gasteiger partial charge >= 0.3 is 0 Å². The molecule has 27 heavy (non-hydrogen) atoms. The standard InChI is InChI=1S/C21H15Br2N3O/c22-15-8-10-17(11-9-15)24-20(27)13-26-19-7-2-1-6-18(19)25-21(26)14-4-3-5-16(23)12-14/h1-12H,13H2,(H,24,27). The van der Waals surface area contributed by atoms with E-state index in [1.807, 2.05) is 77.4 Å². The van der Waals surface area contributed by atoms with Gasteiger partial charge in [0.2, 0.25) is 5.91 Å². The third-order valence-corrected chi connectivity index (χ3v) is 5.19. The second-order valence-corrected chi connectivity index (χ2v) is 7.91. The van der Waals surface area contributed by atoms with Gasteiger partial charge in [0.05, 0.1) is 11.0 Å². The fourth-order valence-electron chi connectivity index (χ4n) is 2.96. The highest BCUT2D eigenvalue weighted by molar-refractivity contribution is 9.10. The van der Waals surface area contributed by atoms with Crippen LogP contribution in [0.1, 0.15) is 0 Å². The number of aromatic nitrogens is 2. The van der Waals surface area contributed by atoms with Crippen LogP contribution in [0, 0.1) is 0 Å². The molecular weight excluding hydrogens is 470 g/mol. The molecule has 6 heteroatoms. The van der Waals surface area contributed by atoms with Crippen molar-refractivity contribution < 1.29 is 4.79 Å². The van der Waals surface area contributed by atoms with E-state index in [4.69, 9.17) is 4.98 Å². The second kappa shape index (κ2) is 7.66. The average Bonchev–Trinajstić information content (AvgIpc) is 3.02. The van der Waals surface area contributed by atoms with Crippen LogP contribution in [0.4, 0.5) is 5.69 Å². The van der Waals surface area contributed by atoms with Crippen LogP contribution >= 0.6 is 31.9 Å². The number of carbonyl (C=O) groups excluding carboxylic acids is 1. The van der Waals surface area contributed by atoms with Gasteiger partial charge in [0, 0.05) is 20.2 Å². The zero-order chi connectivity index (χ0) is 18.8. The molecule has 0 aliphatic rings. The summed E-state index contributed by atoms with van der Waals surface area (Å²) < 4.78 is 3.89. The number of nitrogens with one attached hydrogen (secondary N) is 1. The van der Waals surface area contributed by atoms with Crippen LogP contribution in [-0.2, 0) is 11.3 Å². The summed E-state index contributed by atoms with van der Waals surface area (Å²) in [6.07, 6.45) is 0. The number of carbonyl (C=O) groups is 1. The van der Waals surface area contributed by atoms with Crippen molar-refractivity contribution in [3.05, 3.63) is 81.7 Å². The summed E-state index contributed by atoms with van der Waals surface area (Å²) in [5.41, 5.74) is 3.51. The summed E-state index contributed by atoms with van der Waals surface area (Å²) in [6, 6.07) is 23.3. The van der Waals surface area contributed by atoms with E-state index in [0.717, 1.165) is 37.1 Å². The quantitative estimate of drug-likeness (QED) is 0.394. The number of rotatable bonds is 4.